The van der Waals surface area contributed by atoms with Crippen LogP contribution in [0.5, 0.6) is 0 Å². The highest BCUT2D eigenvalue weighted by Crippen LogP contribution is 2.34. The Hall–Kier alpha value is -1.96. The van der Waals surface area contributed by atoms with Crippen LogP contribution in [0.1, 0.15) is 17.0 Å². The number of nitrogens with two attached hydrogens (primary N) is 1. The number of pyridine rings is 1. The predicted octanol–water partition coefficient (Wildman–Crippen LogP) is 0.985. The minimum Gasteiger partial charge on any atom is -0.308 e. The SMILES string of the molecule is NNc1ccc(S(=O)(=O)NCC2Cc3ccccc32)cn1. The number of nitrogens with one attached hydrogen (secondary N) is 2. The summed E-state index contributed by atoms with van der Waals surface area (Å²) in [6.07, 6.45) is 2.19. The Morgan fingerprint density at radius 2 is 2.05 bits per heavy atom. The lowest BCUT2D eigenvalue weighted by molar-refractivity contribution is 0.552. The summed E-state index contributed by atoms with van der Waals surface area (Å²) in [5.41, 5.74) is 4.88. The van der Waals surface area contributed by atoms with Crippen LogP contribution >= 0.6 is 0 Å². The van der Waals surface area contributed by atoms with Crippen LogP contribution in [-0.2, 0) is 16.4 Å². The summed E-state index contributed by atoms with van der Waals surface area (Å²) in [5.74, 6) is 5.86. The molecule has 0 spiro atoms. The molecule has 110 valence electrons. The number of rotatable bonds is 5. The van der Waals surface area contributed by atoms with Gasteiger partial charge in [-0.1, -0.05) is 24.3 Å². The number of hydrazine groups is 1. The molecule has 6 nitrogen and oxygen atoms in total. The number of nitrogen functional groups attached to an aromatic ring is 1. The molecular weight excluding hydrogens is 288 g/mol. The maximum Gasteiger partial charge on any atom is 0.242 e. The smallest absolute Gasteiger partial charge is 0.242 e. The number of hydrogen-bond acceptors (Lipinski definition) is 5. The quantitative estimate of drug-likeness (QED) is 0.565. The summed E-state index contributed by atoms with van der Waals surface area (Å²) in [5, 5.41) is 0. The molecule has 4 N–H and O–H groups in total. The minimum atomic E-state index is -3.54. The van der Waals surface area contributed by atoms with Crippen molar-refractivity contribution in [2.75, 3.05) is 12.0 Å². The predicted molar refractivity (Wildman–Crippen MR) is 80.1 cm³/mol. The fraction of sp³-hybridized carbons (Fsp3) is 0.214. The lowest BCUT2D eigenvalue weighted by atomic mass is 9.78. The molecular formula is C14H16N4O2S. The van der Waals surface area contributed by atoms with Gasteiger partial charge in [-0.3, -0.25) is 0 Å². The highest BCUT2D eigenvalue weighted by molar-refractivity contribution is 7.89. The first-order chi connectivity index (χ1) is 10.1. The number of aromatic nitrogens is 1. The summed E-state index contributed by atoms with van der Waals surface area (Å²) in [4.78, 5) is 4.04. The first kappa shape index (κ1) is 14.0. The minimum absolute atomic E-state index is 0.133. The van der Waals surface area contributed by atoms with E-state index in [0.717, 1.165) is 6.42 Å². The van der Waals surface area contributed by atoms with E-state index >= 15 is 0 Å². The van der Waals surface area contributed by atoms with Crippen molar-refractivity contribution in [2.24, 2.45) is 5.84 Å². The Bertz CT molecular complexity index is 744. The van der Waals surface area contributed by atoms with Gasteiger partial charge in [0.2, 0.25) is 10.0 Å². The third-order valence-electron chi connectivity index (χ3n) is 3.68. The lowest BCUT2D eigenvalue weighted by Crippen LogP contribution is -2.33. The summed E-state index contributed by atoms with van der Waals surface area (Å²) < 4.78 is 27.0. The van der Waals surface area contributed by atoms with Gasteiger partial charge in [-0.2, -0.15) is 0 Å². The van der Waals surface area contributed by atoms with Crippen LogP contribution in [0.25, 0.3) is 0 Å². The number of fused-ring (bicyclic) bond motifs is 1. The molecule has 1 aromatic carbocycles. The third kappa shape index (κ3) is 2.76. The van der Waals surface area contributed by atoms with E-state index in [4.69, 9.17) is 5.84 Å². The van der Waals surface area contributed by atoms with E-state index in [2.05, 4.69) is 21.2 Å². The molecule has 1 heterocycles. The molecule has 3 rings (SSSR count). The highest BCUT2D eigenvalue weighted by atomic mass is 32.2. The molecule has 0 saturated heterocycles. The molecule has 0 saturated carbocycles. The van der Waals surface area contributed by atoms with Crippen molar-refractivity contribution in [1.82, 2.24) is 9.71 Å². The molecule has 21 heavy (non-hydrogen) atoms. The van der Waals surface area contributed by atoms with Crippen molar-refractivity contribution in [2.45, 2.75) is 17.2 Å². The Kier molecular flexibility index (Phi) is 3.62. The van der Waals surface area contributed by atoms with Gasteiger partial charge in [0.05, 0.1) is 0 Å². The Labute approximate surface area is 123 Å². The molecule has 0 radical (unpaired) electrons. The van der Waals surface area contributed by atoms with Crippen LogP contribution in [0.2, 0.25) is 0 Å². The van der Waals surface area contributed by atoms with Crippen LogP contribution in [0.3, 0.4) is 0 Å². The van der Waals surface area contributed by atoms with Crippen molar-refractivity contribution in [3.63, 3.8) is 0 Å². The van der Waals surface area contributed by atoms with Crippen LogP contribution < -0.4 is 16.0 Å². The Balaban J connectivity index is 1.67. The molecule has 1 aromatic heterocycles. The number of nitrogens with zero attached hydrogens (tertiary/aromatic N) is 1. The average molecular weight is 304 g/mol. The van der Waals surface area contributed by atoms with Crippen LogP contribution in [-0.4, -0.2) is 19.9 Å². The third-order valence-corrected chi connectivity index (χ3v) is 5.08. The van der Waals surface area contributed by atoms with Gasteiger partial charge in [0, 0.05) is 18.7 Å². The maximum absolute atomic E-state index is 12.2. The molecule has 2 aromatic rings. The first-order valence-corrected chi connectivity index (χ1v) is 8.08. The van der Waals surface area contributed by atoms with Crippen LogP contribution in [0.4, 0.5) is 5.82 Å². The van der Waals surface area contributed by atoms with E-state index in [1.54, 1.807) is 0 Å². The molecule has 1 aliphatic carbocycles. The van der Waals surface area contributed by atoms with Crippen molar-refractivity contribution >= 4 is 15.8 Å². The second-order valence-electron chi connectivity index (χ2n) is 4.98. The summed E-state index contributed by atoms with van der Waals surface area (Å²) in [6.45, 7) is 0.399. The van der Waals surface area contributed by atoms with Gasteiger partial charge in [-0.05, 0) is 29.7 Å². The second-order valence-corrected chi connectivity index (χ2v) is 6.74. The number of anilines is 1. The fourth-order valence-electron chi connectivity index (χ4n) is 2.46. The van der Waals surface area contributed by atoms with Gasteiger partial charge in [-0.25, -0.2) is 24.0 Å². The summed E-state index contributed by atoms with van der Waals surface area (Å²) in [7, 11) is -3.54. The van der Waals surface area contributed by atoms with Gasteiger partial charge >= 0.3 is 0 Å². The Morgan fingerprint density at radius 3 is 2.71 bits per heavy atom. The number of hydrogen-bond donors (Lipinski definition) is 3. The van der Waals surface area contributed by atoms with Crippen molar-refractivity contribution in [3.05, 3.63) is 53.7 Å². The summed E-state index contributed by atoms with van der Waals surface area (Å²) in [6, 6.07) is 11.1. The summed E-state index contributed by atoms with van der Waals surface area (Å²) >= 11 is 0. The van der Waals surface area contributed by atoms with E-state index in [9.17, 15) is 8.42 Å². The maximum atomic E-state index is 12.2. The molecule has 1 unspecified atom stereocenters. The van der Waals surface area contributed by atoms with Gasteiger partial charge in [0.1, 0.15) is 10.7 Å². The van der Waals surface area contributed by atoms with E-state index in [-0.39, 0.29) is 10.8 Å². The second kappa shape index (κ2) is 5.44. The fourth-order valence-corrected chi connectivity index (χ4v) is 3.49. The van der Waals surface area contributed by atoms with Gasteiger partial charge < -0.3 is 5.43 Å². The zero-order valence-electron chi connectivity index (χ0n) is 11.3. The average Bonchev–Trinajstić information content (AvgIpc) is 2.48. The zero-order chi connectivity index (χ0) is 14.9. The molecule has 0 aliphatic heterocycles. The van der Waals surface area contributed by atoms with Crippen molar-refractivity contribution in [1.29, 1.82) is 0 Å². The van der Waals surface area contributed by atoms with Gasteiger partial charge in [0.15, 0.2) is 0 Å². The first-order valence-electron chi connectivity index (χ1n) is 6.60. The standard InChI is InChI=1S/C14H16N4O2S/c15-18-14-6-5-12(9-16-14)21(19,20)17-8-11-7-10-3-1-2-4-13(10)11/h1-6,9,11,17H,7-8,15H2,(H,16,18). The van der Waals surface area contributed by atoms with Crippen molar-refractivity contribution < 1.29 is 8.42 Å². The monoisotopic (exact) mass is 304 g/mol. The molecule has 1 atom stereocenters. The van der Waals surface area contributed by atoms with E-state index < -0.39 is 10.0 Å². The van der Waals surface area contributed by atoms with Gasteiger partial charge in [-0.15, -0.1) is 0 Å². The van der Waals surface area contributed by atoms with Crippen LogP contribution in [0, 0.1) is 0 Å². The number of sulfonamides is 1. The zero-order valence-corrected chi connectivity index (χ0v) is 12.1. The molecule has 7 heteroatoms. The lowest BCUT2D eigenvalue weighted by Gasteiger charge is -2.30. The van der Waals surface area contributed by atoms with Gasteiger partial charge in [0.25, 0.3) is 0 Å². The van der Waals surface area contributed by atoms with E-state index in [0.29, 0.717) is 12.4 Å². The van der Waals surface area contributed by atoms with E-state index in [1.807, 2.05) is 18.2 Å². The van der Waals surface area contributed by atoms with Crippen LogP contribution in [0.15, 0.2) is 47.5 Å². The highest BCUT2D eigenvalue weighted by Gasteiger charge is 2.27. The van der Waals surface area contributed by atoms with E-state index in [1.165, 1.54) is 29.5 Å². The molecule has 0 fully saturated rings. The molecule has 0 amide bonds. The topological polar surface area (TPSA) is 97.1 Å². The largest absolute Gasteiger partial charge is 0.308 e. The molecule has 0 bridgehead atoms. The Morgan fingerprint density at radius 1 is 1.24 bits per heavy atom. The number of benzene rings is 1. The van der Waals surface area contributed by atoms with Crippen molar-refractivity contribution in [3.8, 4) is 0 Å². The normalized spacial score (nSPS) is 16.9. The molecule has 1 aliphatic rings.